The highest BCUT2D eigenvalue weighted by atomic mass is 19.4. The van der Waals surface area contributed by atoms with Crippen molar-refractivity contribution >= 4 is 11.9 Å². The fraction of sp³-hybridized carbons (Fsp3) is 0.400. The number of rotatable bonds is 3. The van der Waals surface area contributed by atoms with E-state index in [0.29, 0.717) is 0 Å². The number of halogens is 3. The maximum atomic E-state index is 11.4. The lowest BCUT2D eigenvalue weighted by molar-refractivity contribution is -0.183. The number of ether oxygens (including phenoxy) is 2. The first-order valence-electron chi connectivity index (χ1n) is 4.23. The molecule has 0 atom stereocenters. The van der Waals surface area contributed by atoms with Crippen molar-refractivity contribution in [2.24, 2.45) is 0 Å². The van der Waals surface area contributed by atoms with Gasteiger partial charge < -0.3 is 9.47 Å². The van der Waals surface area contributed by atoms with Gasteiger partial charge in [0.15, 0.2) is 6.61 Å². The van der Waals surface area contributed by atoms with Crippen molar-refractivity contribution in [2.75, 3.05) is 13.7 Å². The van der Waals surface area contributed by atoms with E-state index in [1.165, 1.54) is 14.0 Å². The van der Waals surface area contributed by atoms with Gasteiger partial charge in [-0.1, -0.05) is 13.2 Å². The number of carbonyl (C=O) groups is 2. The van der Waals surface area contributed by atoms with Gasteiger partial charge in [0.25, 0.3) is 0 Å². The highest BCUT2D eigenvalue weighted by molar-refractivity contribution is 5.86. The van der Waals surface area contributed by atoms with Crippen molar-refractivity contribution in [1.82, 2.24) is 0 Å². The third-order valence-electron chi connectivity index (χ3n) is 1.08. The van der Waals surface area contributed by atoms with Crippen molar-refractivity contribution in [3.63, 3.8) is 0 Å². The molecule has 0 aromatic heterocycles. The van der Waals surface area contributed by atoms with Crippen LogP contribution in [0.15, 0.2) is 24.8 Å². The second-order valence-corrected chi connectivity index (χ2v) is 2.70. The quantitative estimate of drug-likeness (QED) is 0.571. The van der Waals surface area contributed by atoms with Crippen LogP contribution in [0.3, 0.4) is 0 Å². The Hall–Kier alpha value is -1.79. The first-order chi connectivity index (χ1) is 7.64. The molecule has 0 amide bonds. The van der Waals surface area contributed by atoms with Crippen LogP contribution in [-0.4, -0.2) is 31.8 Å². The normalized spacial score (nSPS) is 9.47. The van der Waals surface area contributed by atoms with Gasteiger partial charge in [0.2, 0.25) is 0 Å². The Morgan fingerprint density at radius 3 is 2.00 bits per heavy atom. The van der Waals surface area contributed by atoms with Crippen LogP contribution < -0.4 is 0 Å². The predicted octanol–water partition coefficient (Wildman–Crippen LogP) is 2.01. The van der Waals surface area contributed by atoms with Crippen LogP contribution in [-0.2, 0) is 19.1 Å². The monoisotopic (exact) mass is 254 g/mol. The second-order valence-electron chi connectivity index (χ2n) is 2.70. The van der Waals surface area contributed by atoms with Gasteiger partial charge in [-0.2, -0.15) is 13.2 Å². The van der Waals surface area contributed by atoms with Gasteiger partial charge in [-0.05, 0) is 6.92 Å². The highest BCUT2D eigenvalue weighted by Crippen LogP contribution is 2.14. The van der Waals surface area contributed by atoms with Gasteiger partial charge in [-0.25, -0.2) is 9.59 Å². The van der Waals surface area contributed by atoms with Crippen LogP contribution in [0.4, 0.5) is 13.2 Å². The van der Waals surface area contributed by atoms with E-state index >= 15 is 0 Å². The summed E-state index contributed by atoms with van der Waals surface area (Å²) in [6.07, 6.45) is -3.36. The molecule has 0 saturated carbocycles. The highest BCUT2D eigenvalue weighted by Gasteiger charge is 2.29. The van der Waals surface area contributed by atoms with E-state index in [1.807, 2.05) is 0 Å². The van der Waals surface area contributed by atoms with Crippen LogP contribution in [0, 0.1) is 0 Å². The molecule has 4 nitrogen and oxygen atoms in total. The lowest BCUT2D eigenvalue weighted by Crippen LogP contribution is -2.20. The minimum Gasteiger partial charge on any atom is -0.466 e. The molecule has 0 aliphatic carbocycles. The van der Waals surface area contributed by atoms with Crippen LogP contribution in [0.2, 0.25) is 0 Å². The Balaban J connectivity index is 0. The Morgan fingerprint density at radius 1 is 1.35 bits per heavy atom. The molecule has 0 aliphatic heterocycles. The number of esters is 2. The molecule has 0 aromatic rings. The predicted molar refractivity (Wildman–Crippen MR) is 54.0 cm³/mol. The third kappa shape index (κ3) is 14.2. The van der Waals surface area contributed by atoms with E-state index in [9.17, 15) is 22.8 Å². The summed E-state index contributed by atoms with van der Waals surface area (Å²) >= 11 is 0. The van der Waals surface area contributed by atoms with E-state index in [0.717, 1.165) is 6.08 Å². The fourth-order valence-electron chi connectivity index (χ4n) is 0.354. The molecular formula is C10H13F3O4. The second kappa shape index (κ2) is 8.37. The largest absolute Gasteiger partial charge is 0.466 e. The van der Waals surface area contributed by atoms with Gasteiger partial charge in [-0.15, -0.1) is 0 Å². The van der Waals surface area contributed by atoms with E-state index < -0.39 is 24.7 Å². The molecule has 0 rings (SSSR count). The van der Waals surface area contributed by atoms with Crippen molar-refractivity contribution in [3.8, 4) is 0 Å². The van der Waals surface area contributed by atoms with Crippen molar-refractivity contribution in [3.05, 3.63) is 24.8 Å². The summed E-state index contributed by atoms with van der Waals surface area (Å²) in [7, 11) is 1.31. The van der Waals surface area contributed by atoms with E-state index in [1.54, 1.807) is 0 Å². The number of methoxy groups -OCH3 is 1. The average molecular weight is 254 g/mol. The molecule has 0 saturated heterocycles. The van der Waals surface area contributed by atoms with E-state index in [2.05, 4.69) is 22.6 Å². The van der Waals surface area contributed by atoms with E-state index in [4.69, 9.17) is 0 Å². The first kappa shape index (κ1) is 17.6. The number of carbonyl (C=O) groups excluding carboxylic acids is 2. The molecule has 0 bridgehead atoms. The molecule has 0 N–H and O–H groups in total. The molecule has 0 heterocycles. The minimum absolute atomic E-state index is 0.0470. The van der Waals surface area contributed by atoms with Gasteiger partial charge in [0.05, 0.1) is 7.11 Å². The summed E-state index contributed by atoms with van der Waals surface area (Å²) < 4.78 is 42.1. The summed E-state index contributed by atoms with van der Waals surface area (Å²) in [5.41, 5.74) is -0.0470. The summed E-state index contributed by atoms with van der Waals surface area (Å²) in [5, 5.41) is 0. The van der Waals surface area contributed by atoms with Gasteiger partial charge in [-0.3, -0.25) is 0 Å². The Morgan fingerprint density at radius 2 is 1.82 bits per heavy atom. The Labute approximate surface area is 96.7 Å². The molecule has 0 spiro atoms. The van der Waals surface area contributed by atoms with Gasteiger partial charge in [0.1, 0.15) is 0 Å². The first-order valence-corrected chi connectivity index (χ1v) is 4.23. The van der Waals surface area contributed by atoms with Crippen molar-refractivity contribution in [1.29, 1.82) is 0 Å². The van der Waals surface area contributed by atoms with Gasteiger partial charge in [0, 0.05) is 11.6 Å². The molecule has 7 heteroatoms. The summed E-state index contributed by atoms with van der Waals surface area (Å²) in [6.45, 7) is 5.99. The Kier molecular flexibility index (Phi) is 8.67. The maximum absolute atomic E-state index is 11.4. The Bertz CT molecular complexity index is 294. The number of alkyl halides is 3. The molecule has 98 valence electrons. The number of hydrogen-bond donors (Lipinski definition) is 0. The summed E-state index contributed by atoms with van der Waals surface area (Å²) in [5.74, 6) is -1.42. The fourth-order valence-corrected chi connectivity index (χ4v) is 0.354. The molecule has 0 unspecified atom stereocenters. The topological polar surface area (TPSA) is 52.6 Å². The summed E-state index contributed by atoms with van der Waals surface area (Å²) in [6, 6.07) is 0. The molecule has 0 fully saturated rings. The van der Waals surface area contributed by atoms with Crippen LogP contribution >= 0.6 is 0 Å². The zero-order valence-electron chi connectivity index (χ0n) is 9.47. The zero-order valence-corrected chi connectivity index (χ0v) is 9.47. The standard InChI is InChI=1S/C6H7F3O2.C4H6O2/c1-4(2)5(10)11-3-6(7,8)9;1-3-4(5)6-2/h1,3H2,2H3;3H,1H2,2H3. The third-order valence-corrected chi connectivity index (χ3v) is 1.08. The van der Waals surface area contributed by atoms with Crippen molar-refractivity contribution < 1.29 is 32.2 Å². The van der Waals surface area contributed by atoms with Crippen molar-refractivity contribution in [2.45, 2.75) is 13.1 Å². The van der Waals surface area contributed by atoms with Gasteiger partial charge >= 0.3 is 18.1 Å². The SMILES string of the molecule is C=C(C)C(=O)OCC(F)(F)F.C=CC(=O)OC. The molecule has 0 aliphatic rings. The summed E-state index contributed by atoms with van der Waals surface area (Å²) in [4.78, 5) is 20.2. The van der Waals surface area contributed by atoms with E-state index in [-0.39, 0.29) is 5.57 Å². The maximum Gasteiger partial charge on any atom is 0.422 e. The number of hydrogen-bond acceptors (Lipinski definition) is 4. The molecule has 17 heavy (non-hydrogen) atoms. The zero-order chi connectivity index (χ0) is 14.1. The minimum atomic E-state index is -4.47. The smallest absolute Gasteiger partial charge is 0.422 e. The van der Waals surface area contributed by atoms with Crippen LogP contribution in [0.25, 0.3) is 0 Å². The molecule has 0 aromatic carbocycles. The average Bonchev–Trinajstić information content (AvgIpc) is 2.24. The van der Waals surface area contributed by atoms with Crippen LogP contribution in [0.1, 0.15) is 6.92 Å². The molecule has 0 radical (unpaired) electrons. The lowest BCUT2D eigenvalue weighted by Gasteiger charge is -2.06. The molecular weight excluding hydrogens is 241 g/mol. The lowest BCUT2D eigenvalue weighted by atomic mass is 10.4. The van der Waals surface area contributed by atoms with Crippen LogP contribution in [0.5, 0.6) is 0 Å².